The standard InChI is InChI=1S/C25H25N3O2/c26-24(30)25(21-14-7-8-16-27-21)15-9-17-28(18-25)23(29)22(19-10-3-1-4-11-19)20-12-5-2-6-13-20/h1-8,10-14,16,22H,9,15,17-18H2,(H2,26,30). The second-order valence-corrected chi connectivity index (χ2v) is 7.78. The van der Waals surface area contributed by atoms with E-state index in [1.807, 2.05) is 78.9 Å². The first-order chi connectivity index (χ1) is 14.6. The Labute approximate surface area is 176 Å². The van der Waals surface area contributed by atoms with Crippen LogP contribution in [0.2, 0.25) is 0 Å². The van der Waals surface area contributed by atoms with Crippen molar-refractivity contribution >= 4 is 11.8 Å². The number of hydrogen-bond acceptors (Lipinski definition) is 3. The maximum Gasteiger partial charge on any atom is 0.234 e. The van der Waals surface area contributed by atoms with Gasteiger partial charge in [0.1, 0.15) is 5.41 Å². The van der Waals surface area contributed by atoms with Crippen LogP contribution in [0.1, 0.15) is 35.6 Å². The van der Waals surface area contributed by atoms with Crippen LogP contribution in [0.25, 0.3) is 0 Å². The van der Waals surface area contributed by atoms with Gasteiger partial charge in [0.05, 0.1) is 11.6 Å². The Hall–Kier alpha value is -3.47. The van der Waals surface area contributed by atoms with Gasteiger partial charge in [0.2, 0.25) is 11.8 Å². The van der Waals surface area contributed by atoms with Crippen LogP contribution in [-0.2, 0) is 15.0 Å². The van der Waals surface area contributed by atoms with E-state index in [-0.39, 0.29) is 12.5 Å². The summed E-state index contributed by atoms with van der Waals surface area (Å²) in [4.78, 5) is 32.6. The highest BCUT2D eigenvalue weighted by Gasteiger charge is 2.45. The average Bonchev–Trinajstić information content (AvgIpc) is 2.81. The molecule has 2 heterocycles. The number of carbonyl (C=O) groups is 2. The summed E-state index contributed by atoms with van der Waals surface area (Å²) in [5.74, 6) is -0.886. The Bertz CT molecular complexity index is 969. The molecule has 30 heavy (non-hydrogen) atoms. The topological polar surface area (TPSA) is 76.3 Å². The molecule has 4 rings (SSSR count). The Kier molecular flexibility index (Phi) is 5.61. The van der Waals surface area contributed by atoms with E-state index in [4.69, 9.17) is 5.73 Å². The first-order valence-corrected chi connectivity index (χ1v) is 10.2. The summed E-state index contributed by atoms with van der Waals surface area (Å²) >= 11 is 0. The van der Waals surface area contributed by atoms with Crippen molar-refractivity contribution in [3.05, 3.63) is 102 Å². The summed E-state index contributed by atoms with van der Waals surface area (Å²) in [7, 11) is 0. The molecule has 1 aromatic heterocycles. The third-order valence-corrected chi connectivity index (χ3v) is 5.94. The van der Waals surface area contributed by atoms with Crippen molar-refractivity contribution in [3.8, 4) is 0 Å². The van der Waals surface area contributed by atoms with Crippen molar-refractivity contribution in [2.24, 2.45) is 5.73 Å². The molecular weight excluding hydrogens is 374 g/mol. The van der Waals surface area contributed by atoms with Gasteiger partial charge in [-0.25, -0.2) is 0 Å². The van der Waals surface area contributed by atoms with Gasteiger partial charge in [-0.2, -0.15) is 0 Å². The number of pyridine rings is 1. The highest BCUT2D eigenvalue weighted by atomic mass is 16.2. The van der Waals surface area contributed by atoms with Crippen LogP contribution in [0, 0.1) is 0 Å². The van der Waals surface area contributed by atoms with E-state index in [1.165, 1.54) is 0 Å². The molecule has 1 fully saturated rings. The van der Waals surface area contributed by atoms with E-state index < -0.39 is 17.2 Å². The molecule has 1 aliphatic rings. The molecule has 5 heteroatoms. The number of piperidine rings is 1. The Balaban J connectivity index is 1.71. The second-order valence-electron chi connectivity index (χ2n) is 7.78. The molecule has 1 saturated heterocycles. The van der Waals surface area contributed by atoms with Crippen LogP contribution in [-0.4, -0.2) is 34.8 Å². The second kappa shape index (κ2) is 8.49. The normalized spacial score (nSPS) is 18.9. The minimum Gasteiger partial charge on any atom is -0.369 e. The molecule has 2 amide bonds. The van der Waals surface area contributed by atoms with Crippen LogP contribution >= 0.6 is 0 Å². The molecule has 0 spiro atoms. The van der Waals surface area contributed by atoms with Gasteiger partial charge in [-0.1, -0.05) is 66.7 Å². The fraction of sp³-hybridized carbons (Fsp3) is 0.240. The zero-order valence-electron chi connectivity index (χ0n) is 16.8. The van der Waals surface area contributed by atoms with Crippen LogP contribution in [0.15, 0.2) is 85.1 Å². The third-order valence-electron chi connectivity index (χ3n) is 5.94. The van der Waals surface area contributed by atoms with Crippen molar-refractivity contribution in [1.82, 2.24) is 9.88 Å². The number of nitrogens with two attached hydrogens (primary N) is 1. The molecule has 1 aliphatic heterocycles. The summed E-state index contributed by atoms with van der Waals surface area (Å²) in [5, 5.41) is 0. The lowest BCUT2D eigenvalue weighted by molar-refractivity contribution is -0.136. The Morgan fingerprint density at radius 3 is 2.03 bits per heavy atom. The fourth-order valence-corrected chi connectivity index (χ4v) is 4.38. The zero-order valence-corrected chi connectivity index (χ0v) is 16.8. The predicted octanol–water partition coefficient (Wildman–Crippen LogP) is 3.26. The fourth-order valence-electron chi connectivity index (χ4n) is 4.38. The van der Waals surface area contributed by atoms with E-state index in [0.717, 1.165) is 11.1 Å². The molecule has 1 atom stereocenters. The molecule has 3 aromatic rings. The summed E-state index contributed by atoms with van der Waals surface area (Å²) in [6.45, 7) is 0.839. The number of benzene rings is 2. The van der Waals surface area contributed by atoms with Crippen LogP contribution in [0.3, 0.4) is 0 Å². The van der Waals surface area contributed by atoms with Gasteiger partial charge in [0.15, 0.2) is 0 Å². The summed E-state index contributed by atoms with van der Waals surface area (Å²) in [6, 6.07) is 25.0. The number of likely N-dealkylation sites (tertiary alicyclic amines) is 1. The highest BCUT2D eigenvalue weighted by Crippen LogP contribution is 2.35. The molecular formula is C25H25N3O2. The van der Waals surface area contributed by atoms with E-state index in [2.05, 4.69) is 4.98 Å². The van der Waals surface area contributed by atoms with Gasteiger partial charge in [-0.3, -0.25) is 14.6 Å². The Morgan fingerprint density at radius 2 is 1.50 bits per heavy atom. The van der Waals surface area contributed by atoms with Crippen molar-refractivity contribution in [1.29, 1.82) is 0 Å². The molecule has 1 unspecified atom stereocenters. The van der Waals surface area contributed by atoms with E-state index in [0.29, 0.717) is 25.1 Å². The minimum atomic E-state index is -0.965. The van der Waals surface area contributed by atoms with Gasteiger partial charge in [0.25, 0.3) is 0 Å². The number of amides is 2. The number of carbonyl (C=O) groups excluding carboxylic acids is 2. The molecule has 0 radical (unpaired) electrons. The number of nitrogens with zero attached hydrogens (tertiary/aromatic N) is 2. The highest BCUT2D eigenvalue weighted by molar-refractivity contribution is 5.90. The van der Waals surface area contributed by atoms with Crippen LogP contribution in [0.5, 0.6) is 0 Å². The summed E-state index contributed by atoms with van der Waals surface area (Å²) in [6.07, 6.45) is 2.95. The van der Waals surface area contributed by atoms with Gasteiger partial charge in [-0.05, 0) is 36.1 Å². The zero-order chi connectivity index (χ0) is 21.0. The largest absolute Gasteiger partial charge is 0.369 e. The number of primary amides is 1. The van der Waals surface area contributed by atoms with Gasteiger partial charge in [-0.15, -0.1) is 0 Å². The Morgan fingerprint density at radius 1 is 0.900 bits per heavy atom. The van der Waals surface area contributed by atoms with Crippen molar-refractivity contribution in [3.63, 3.8) is 0 Å². The van der Waals surface area contributed by atoms with Gasteiger partial charge in [0, 0.05) is 19.3 Å². The first-order valence-electron chi connectivity index (χ1n) is 10.2. The van der Waals surface area contributed by atoms with Gasteiger partial charge < -0.3 is 10.6 Å². The lowest BCUT2D eigenvalue weighted by Gasteiger charge is -2.41. The summed E-state index contributed by atoms with van der Waals surface area (Å²) in [5.41, 5.74) is 7.41. The minimum absolute atomic E-state index is 0.0198. The molecule has 2 N–H and O–H groups in total. The van der Waals surface area contributed by atoms with E-state index in [9.17, 15) is 9.59 Å². The van der Waals surface area contributed by atoms with Gasteiger partial charge >= 0.3 is 0 Å². The maximum atomic E-state index is 13.8. The number of hydrogen-bond donors (Lipinski definition) is 1. The van der Waals surface area contributed by atoms with Crippen molar-refractivity contribution < 1.29 is 9.59 Å². The monoisotopic (exact) mass is 399 g/mol. The average molecular weight is 399 g/mol. The predicted molar refractivity (Wildman–Crippen MR) is 116 cm³/mol. The van der Waals surface area contributed by atoms with Crippen LogP contribution in [0.4, 0.5) is 0 Å². The summed E-state index contributed by atoms with van der Waals surface area (Å²) < 4.78 is 0. The van der Waals surface area contributed by atoms with E-state index >= 15 is 0 Å². The lowest BCUT2D eigenvalue weighted by atomic mass is 9.75. The van der Waals surface area contributed by atoms with E-state index in [1.54, 1.807) is 11.1 Å². The molecule has 0 aliphatic carbocycles. The molecule has 0 saturated carbocycles. The lowest BCUT2D eigenvalue weighted by Crippen LogP contribution is -2.56. The number of rotatable bonds is 5. The maximum absolute atomic E-state index is 13.8. The third kappa shape index (κ3) is 3.71. The van der Waals surface area contributed by atoms with Crippen molar-refractivity contribution in [2.75, 3.05) is 13.1 Å². The SMILES string of the molecule is NC(=O)C1(c2ccccn2)CCCN(C(=O)C(c2ccccc2)c2ccccc2)C1. The van der Waals surface area contributed by atoms with Crippen LogP contribution < -0.4 is 5.73 Å². The smallest absolute Gasteiger partial charge is 0.234 e. The first kappa shape index (κ1) is 19.8. The molecule has 0 bridgehead atoms. The van der Waals surface area contributed by atoms with Crippen molar-refractivity contribution in [2.45, 2.75) is 24.2 Å². The molecule has 152 valence electrons. The molecule has 2 aromatic carbocycles. The quantitative estimate of drug-likeness (QED) is 0.715. The number of aromatic nitrogens is 1. The molecule has 5 nitrogen and oxygen atoms in total.